The summed E-state index contributed by atoms with van der Waals surface area (Å²) in [4.78, 5) is 18.3. The molecule has 34 heavy (non-hydrogen) atoms. The van der Waals surface area contributed by atoms with Crippen molar-refractivity contribution < 1.29 is 9.47 Å². The Morgan fingerprint density at radius 2 is 1.50 bits per heavy atom. The molecule has 0 aliphatic carbocycles. The van der Waals surface area contributed by atoms with E-state index in [-0.39, 0.29) is 5.56 Å². The third-order valence-corrected chi connectivity index (χ3v) is 6.07. The van der Waals surface area contributed by atoms with Crippen molar-refractivity contribution in [3.8, 4) is 28.6 Å². The van der Waals surface area contributed by atoms with Crippen LogP contribution in [0.1, 0.15) is 5.56 Å². The zero-order chi connectivity index (χ0) is 23.5. The highest BCUT2D eigenvalue weighted by atomic mass is 79.9. The van der Waals surface area contributed by atoms with Gasteiger partial charge >= 0.3 is 0 Å². The Hall–Kier alpha value is -3.90. The van der Waals surface area contributed by atoms with E-state index in [0.717, 1.165) is 32.8 Å². The Labute approximate surface area is 205 Å². The third-order valence-electron chi connectivity index (χ3n) is 5.54. The summed E-state index contributed by atoms with van der Waals surface area (Å²) in [5.74, 6) is 2.03. The molecular weight excluding hydrogens is 492 g/mol. The largest absolute Gasteiger partial charge is 0.497 e. The molecule has 0 amide bonds. The Kier molecular flexibility index (Phi) is 6.14. The smallest absolute Gasteiger partial charge is 0.266 e. The van der Waals surface area contributed by atoms with E-state index in [4.69, 9.17) is 14.5 Å². The number of hydrogen-bond donors (Lipinski definition) is 0. The summed E-state index contributed by atoms with van der Waals surface area (Å²) in [6.45, 7) is 0.470. The fourth-order valence-electron chi connectivity index (χ4n) is 3.74. The predicted molar refractivity (Wildman–Crippen MR) is 138 cm³/mol. The number of benzene rings is 4. The van der Waals surface area contributed by atoms with E-state index in [9.17, 15) is 4.79 Å². The maximum Gasteiger partial charge on any atom is 0.266 e. The van der Waals surface area contributed by atoms with Crippen molar-refractivity contribution in [2.75, 3.05) is 7.11 Å². The number of hydrogen-bond acceptors (Lipinski definition) is 4. The molecule has 0 saturated heterocycles. The Morgan fingerprint density at radius 3 is 2.21 bits per heavy atom. The van der Waals surface area contributed by atoms with Gasteiger partial charge in [-0.1, -0.05) is 40.2 Å². The zero-order valence-electron chi connectivity index (χ0n) is 18.4. The number of methoxy groups -OCH3 is 1. The molecular formula is C28H21BrN2O3. The van der Waals surface area contributed by atoms with Crippen LogP contribution in [0.2, 0.25) is 0 Å². The van der Waals surface area contributed by atoms with Gasteiger partial charge in [0.1, 0.15) is 23.9 Å². The van der Waals surface area contributed by atoms with Gasteiger partial charge in [0.15, 0.2) is 0 Å². The van der Waals surface area contributed by atoms with E-state index in [1.54, 1.807) is 17.7 Å². The summed E-state index contributed by atoms with van der Waals surface area (Å²) in [6, 6.07) is 30.4. The molecule has 0 bridgehead atoms. The van der Waals surface area contributed by atoms with Crippen LogP contribution in [0.4, 0.5) is 0 Å². The molecule has 6 heteroatoms. The van der Waals surface area contributed by atoms with Crippen LogP contribution < -0.4 is 15.0 Å². The molecule has 5 rings (SSSR count). The molecule has 0 aliphatic heterocycles. The first-order chi connectivity index (χ1) is 16.6. The molecule has 0 aliphatic rings. The van der Waals surface area contributed by atoms with Crippen molar-refractivity contribution >= 4 is 26.8 Å². The molecule has 5 nitrogen and oxygen atoms in total. The van der Waals surface area contributed by atoms with E-state index >= 15 is 0 Å². The first-order valence-corrected chi connectivity index (χ1v) is 11.6. The minimum absolute atomic E-state index is 0.124. The quantitative estimate of drug-likeness (QED) is 0.264. The summed E-state index contributed by atoms with van der Waals surface area (Å²) < 4.78 is 13.9. The standard InChI is InChI=1S/C28H21BrN2O3/c1-33-23-16-12-22(13-17-23)31-27(30-26-5-3-2-4-25(26)28(31)32)20-8-14-24(15-9-20)34-18-19-6-10-21(29)11-7-19/h2-17H,18H2,1H3. The van der Waals surface area contributed by atoms with Gasteiger partial charge in [-0.15, -0.1) is 0 Å². The SMILES string of the molecule is COc1ccc(-n2c(-c3ccc(OCc4ccc(Br)cc4)cc3)nc3ccccc3c2=O)cc1. The van der Waals surface area contributed by atoms with E-state index < -0.39 is 0 Å². The second-order valence-electron chi connectivity index (χ2n) is 7.73. The van der Waals surface area contributed by atoms with Crippen LogP contribution in [0.25, 0.3) is 28.0 Å². The molecule has 168 valence electrons. The minimum Gasteiger partial charge on any atom is -0.497 e. The van der Waals surface area contributed by atoms with Crippen LogP contribution in [0, 0.1) is 0 Å². The molecule has 0 N–H and O–H groups in total. The van der Waals surface area contributed by atoms with Crippen molar-refractivity contribution in [3.63, 3.8) is 0 Å². The number of halogens is 1. The summed E-state index contributed by atoms with van der Waals surface area (Å²) >= 11 is 3.44. The molecule has 5 aromatic rings. The van der Waals surface area contributed by atoms with E-state index in [1.807, 2.05) is 91.0 Å². The fourth-order valence-corrected chi connectivity index (χ4v) is 4.01. The van der Waals surface area contributed by atoms with Crippen molar-refractivity contribution in [3.05, 3.63) is 117 Å². The fraction of sp³-hybridized carbons (Fsp3) is 0.0714. The molecule has 0 unspecified atom stereocenters. The predicted octanol–water partition coefficient (Wildman–Crippen LogP) is 6.40. The highest BCUT2D eigenvalue weighted by Crippen LogP contribution is 2.26. The first-order valence-electron chi connectivity index (χ1n) is 10.8. The number of rotatable bonds is 6. The molecule has 4 aromatic carbocycles. The van der Waals surface area contributed by atoms with Crippen molar-refractivity contribution in [2.45, 2.75) is 6.61 Å². The number of nitrogens with zero attached hydrogens (tertiary/aromatic N) is 2. The normalized spacial score (nSPS) is 10.9. The molecule has 0 atom stereocenters. The van der Waals surface area contributed by atoms with Gasteiger partial charge in [0.25, 0.3) is 5.56 Å². The molecule has 1 aromatic heterocycles. The van der Waals surface area contributed by atoms with E-state index in [0.29, 0.717) is 23.3 Å². The lowest BCUT2D eigenvalue weighted by Gasteiger charge is -2.15. The van der Waals surface area contributed by atoms with E-state index in [2.05, 4.69) is 15.9 Å². The maximum atomic E-state index is 13.5. The first kappa shape index (κ1) is 21.9. The number of para-hydroxylation sites is 1. The van der Waals surface area contributed by atoms with Crippen LogP contribution in [-0.4, -0.2) is 16.7 Å². The monoisotopic (exact) mass is 512 g/mol. The van der Waals surface area contributed by atoms with Crippen LogP contribution in [-0.2, 0) is 6.61 Å². The minimum atomic E-state index is -0.124. The maximum absolute atomic E-state index is 13.5. The highest BCUT2D eigenvalue weighted by molar-refractivity contribution is 9.10. The molecule has 0 radical (unpaired) electrons. The Morgan fingerprint density at radius 1 is 0.824 bits per heavy atom. The second kappa shape index (κ2) is 9.53. The van der Waals surface area contributed by atoms with Crippen LogP contribution in [0.3, 0.4) is 0 Å². The molecule has 0 fully saturated rings. The Balaban J connectivity index is 1.53. The summed E-state index contributed by atoms with van der Waals surface area (Å²) in [6.07, 6.45) is 0. The van der Waals surface area contributed by atoms with Gasteiger partial charge in [-0.3, -0.25) is 9.36 Å². The van der Waals surface area contributed by atoms with Crippen molar-refractivity contribution in [1.29, 1.82) is 0 Å². The topological polar surface area (TPSA) is 53.4 Å². The van der Waals surface area contributed by atoms with Crippen LogP contribution >= 0.6 is 15.9 Å². The van der Waals surface area contributed by atoms with Crippen LogP contribution in [0.5, 0.6) is 11.5 Å². The Bertz CT molecular complexity index is 1490. The molecule has 0 spiro atoms. The van der Waals surface area contributed by atoms with Crippen LogP contribution in [0.15, 0.2) is 106 Å². The number of fused-ring (bicyclic) bond motifs is 1. The highest BCUT2D eigenvalue weighted by Gasteiger charge is 2.15. The summed E-state index contributed by atoms with van der Waals surface area (Å²) in [5.41, 5.74) is 3.14. The number of ether oxygens (including phenoxy) is 2. The summed E-state index contributed by atoms with van der Waals surface area (Å²) in [5, 5.41) is 0.566. The summed E-state index contributed by atoms with van der Waals surface area (Å²) in [7, 11) is 1.62. The van der Waals surface area contributed by atoms with Gasteiger partial charge < -0.3 is 9.47 Å². The van der Waals surface area contributed by atoms with Gasteiger partial charge in [-0.25, -0.2) is 4.98 Å². The average molecular weight is 513 g/mol. The lowest BCUT2D eigenvalue weighted by atomic mass is 10.1. The van der Waals surface area contributed by atoms with Crippen molar-refractivity contribution in [1.82, 2.24) is 9.55 Å². The number of aromatic nitrogens is 2. The van der Waals surface area contributed by atoms with Gasteiger partial charge in [0.05, 0.1) is 23.7 Å². The van der Waals surface area contributed by atoms with Gasteiger partial charge in [0.2, 0.25) is 0 Å². The van der Waals surface area contributed by atoms with Gasteiger partial charge in [0, 0.05) is 10.0 Å². The average Bonchev–Trinajstić information content (AvgIpc) is 2.89. The lowest BCUT2D eigenvalue weighted by Crippen LogP contribution is -2.21. The van der Waals surface area contributed by atoms with E-state index in [1.165, 1.54) is 0 Å². The molecule has 0 saturated carbocycles. The third kappa shape index (κ3) is 4.45. The molecule has 1 heterocycles. The second-order valence-corrected chi connectivity index (χ2v) is 8.65. The van der Waals surface area contributed by atoms with Crippen molar-refractivity contribution in [2.24, 2.45) is 0 Å². The van der Waals surface area contributed by atoms with Gasteiger partial charge in [-0.05, 0) is 78.4 Å². The lowest BCUT2D eigenvalue weighted by molar-refractivity contribution is 0.306. The zero-order valence-corrected chi connectivity index (χ0v) is 20.0. The van der Waals surface area contributed by atoms with Gasteiger partial charge in [-0.2, -0.15) is 0 Å².